The van der Waals surface area contributed by atoms with Crippen molar-refractivity contribution in [2.75, 3.05) is 17.4 Å². The second-order valence-electron chi connectivity index (χ2n) is 9.82. The van der Waals surface area contributed by atoms with Gasteiger partial charge in [0.1, 0.15) is 12.6 Å². The van der Waals surface area contributed by atoms with Crippen LogP contribution in [-0.4, -0.2) is 50.3 Å². The molecule has 214 valence electrons. The van der Waals surface area contributed by atoms with Gasteiger partial charge in [-0.1, -0.05) is 80.0 Å². The van der Waals surface area contributed by atoms with Crippen molar-refractivity contribution in [1.29, 1.82) is 0 Å². The van der Waals surface area contributed by atoms with Crippen molar-refractivity contribution in [3.63, 3.8) is 0 Å². The van der Waals surface area contributed by atoms with Crippen LogP contribution in [0.3, 0.4) is 0 Å². The number of aryl methyl sites for hydroxylation is 1. The number of anilines is 1. The zero-order valence-corrected chi connectivity index (χ0v) is 25.1. The Balaban J connectivity index is 2.04. The van der Waals surface area contributed by atoms with Gasteiger partial charge in [0.05, 0.1) is 10.6 Å². The summed E-state index contributed by atoms with van der Waals surface area (Å²) >= 11 is 6.28. The first-order chi connectivity index (χ1) is 19.1. The van der Waals surface area contributed by atoms with Crippen LogP contribution in [-0.2, 0) is 26.0 Å². The number of nitrogens with one attached hydrogen (secondary N) is 1. The van der Waals surface area contributed by atoms with Crippen molar-refractivity contribution in [2.45, 2.75) is 63.9 Å². The molecular formula is C31H38ClN3O4S. The minimum Gasteiger partial charge on any atom is -0.352 e. The maximum absolute atomic E-state index is 14.1. The van der Waals surface area contributed by atoms with Gasteiger partial charge in [-0.2, -0.15) is 0 Å². The molecule has 0 spiro atoms. The smallest absolute Gasteiger partial charge is 0.264 e. The number of carbonyl (C=O) groups excluding carboxylic acids is 2. The van der Waals surface area contributed by atoms with Crippen molar-refractivity contribution in [3.8, 4) is 0 Å². The molecule has 0 radical (unpaired) electrons. The van der Waals surface area contributed by atoms with E-state index in [9.17, 15) is 18.0 Å². The lowest BCUT2D eigenvalue weighted by molar-refractivity contribution is -0.139. The molecule has 0 aliphatic heterocycles. The molecule has 0 fully saturated rings. The number of sulfonamides is 1. The summed E-state index contributed by atoms with van der Waals surface area (Å²) in [5, 5.41) is 3.34. The highest BCUT2D eigenvalue weighted by Crippen LogP contribution is 2.30. The van der Waals surface area contributed by atoms with Crippen molar-refractivity contribution in [2.24, 2.45) is 0 Å². The van der Waals surface area contributed by atoms with Gasteiger partial charge in [-0.25, -0.2) is 8.42 Å². The minimum atomic E-state index is -4.14. The summed E-state index contributed by atoms with van der Waals surface area (Å²) in [6, 6.07) is 21.8. The summed E-state index contributed by atoms with van der Waals surface area (Å²) < 4.78 is 28.9. The summed E-state index contributed by atoms with van der Waals surface area (Å²) in [6.07, 6.45) is 1.64. The van der Waals surface area contributed by atoms with E-state index >= 15 is 0 Å². The van der Waals surface area contributed by atoms with Crippen LogP contribution in [0.5, 0.6) is 0 Å². The van der Waals surface area contributed by atoms with Gasteiger partial charge < -0.3 is 10.2 Å². The van der Waals surface area contributed by atoms with Crippen molar-refractivity contribution in [1.82, 2.24) is 10.2 Å². The van der Waals surface area contributed by atoms with Gasteiger partial charge in [0.15, 0.2) is 0 Å². The first kappa shape index (κ1) is 31.2. The number of amides is 2. The first-order valence-electron chi connectivity index (χ1n) is 13.6. The Hall–Kier alpha value is -3.36. The highest BCUT2D eigenvalue weighted by atomic mass is 35.5. The third-order valence-corrected chi connectivity index (χ3v) is 8.93. The number of rotatable bonds is 13. The van der Waals surface area contributed by atoms with Gasteiger partial charge in [0, 0.05) is 17.6 Å². The van der Waals surface area contributed by atoms with E-state index in [1.165, 1.54) is 17.0 Å². The van der Waals surface area contributed by atoms with Crippen LogP contribution in [0.2, 0.25) is 5.02 Å². The van der Waals surface area contributed by atoms with Crippen molar-refractivity contribution >= 4 is 39.1 Å². The molecule has 0 aliphatic carbocycles. The second kappa shape index (κ2) is 14.3. The predicted octanol–water partition coefficient (Wildman–Crippen LogP) is 5.61. The molecule has 0 heterocycles. The summed E-state index contributed by atoms with van der Waals surface area (Å²) in [5.41, 5.74) is 1.97. The van der Waals surface area contributed by atoms with E-state index < -0.39 is 28.5 Å². The second-order valence-corrected chi connectivity index (χ2v) is 12.1. The topological polar surface area (TPSA) is 86.8 Å². The van der Waals surface area contributed by atoms with Gasteiger partial charge >= 0.3 is 0 Å². The van der Waals surface area contributed by atoms with E-state index in [-0.39, 0.29) is 23.4 Å². The third-order valence-electron chi connectivity index (χ3n) is 6.92. The Morgan fingerprint density at radius 3 is 2.15 bits per heavy atom. The van der Waals surface area contributed by atoms with Crippen LogP contribution >= 0.6 is 11.6 Å². The van der Waals surface area contributed by atoms with Gasteiger partial charge in [-0.05, 0) is 68.5 Å². The van der Waals surface area contributed by atoms with Gasteiger partial charge in [0.25, 0.3) is 10.0 Å². The maximum Gasteiger partial charge on any atom is 0.264 e. The molecule has 3 rings (SSSR count). The molecule has 9 heteroatoms. The zero-order chi connectivity index (χ0) is 29.3. The number of halogens is 1. The molecule has 0 unspecified atom stereocenters. The average Bonchev–Trinajstić information content (AvgIpc) is 2.95. The Bertz CT molecular complexity index is 1380. The first-order valence-corrected chi connectivity index (χ1v) is 15.4. The van der Waals surface area contributed by atoms with Gasteiger partial charge in [0.2, 0.25) is 11.8 Å². The number of hydrogen-bond acceptors (Lipinski definition) is 4. The van der Waals surface area contributed by atoms with E-state index in [1.54, 1.807) is 43.3 Å². The fourth-order valence-electron chi connectivity index (χ4n) is 4.42. The highest BCUT2D eigenvalue weighted by Gasteiger charge is 2.34. The largest absolute Gasteiger partial charge is 0.352 e. The van der Waals surface area contributed by atoms with Crippen molar-refractivity contribution < 1.29 is 18.0 Å². The highest BCUT2D eigenvalue weighted by molar-refractivity contribution is 7.92. The van der Waals surface area contributed by atoms with Crippen LogP contribution in [0.4, 0.5) is 5.69 Å². The van der Waals surface area contributed by atoms with E-state index in [1.807, 2.05) is 51.1 Å². The van der Waals surface area contributed by atoms with Crippen LogP contribution in [0.25, 0.3) is 0 Å². The summed E-state index contributed by atoms with van der Waals surface area (Å²) in [6.45, 7) is 7.28. The predicted molar refractivity (Wildman–Crippen MR) is 161 cm³/mol. The fourth-order valence-corrected chi connectivity index (χ4v) is 6.08. The monoisotopic (exact) mass is 583 g/mol. The van der Waals surface area contributed by atoms with Crippen molar-refractivity contribution in [3.05, 3.63) is 95.0 Å². The van der Waals surface area contributed by atoms with Crippen LogP contribution in [0.15, 0.2) is 83.8 Å². The molecule has 3 aromatic rings. The van der Waals surface area contributed by atoms with Gasteiger partial charge in [-0.3, -0.25) is 13.9 Å². The number of carbonyl (C=O) groups is 2. The summed E-state index contributed by atoms with van der Waals surface area (Å²) in [5.74, 6) is -0.726. The standard InChI is InChI=1S/C31H38ClN3O4S/c1-5-24(4)33-31(37)28(6-2)34(20-19-25-13-9-7-10-14-25)30(36)22-35(29-21-26(32)18-17-23(29)3)40(38,39)27-15-11-8-12-16-27/h7-18,21,24,28H,5-6,19-20,22H2,1-4H3,(H,33,37)/t24-,28-/m0/s1. The van der Waals surface area contributed by atoms with E-state index in [0.29, 0.717) is 29.1 Å². The van der Waals surface area contributed by atoms with E-state index in [4.69, 9.17) is 11.6 Å². The number of benzene rings is 3. The Kier molecular flexibility index (Phi) is 11.2. The van der Waals surface area contributed by atoms with Gasteiger partial charge in [-0.15, -0.1) is 0 Å². The van der Waals surface area contributed by atoms with Crippen LogP contribution < -0.4 is 9.62 Å². The summed E-state index contributed by atoms with van der Waals surface area (Å²) in [4.78, 5) is 29.0. The van der Waals surface area contributed by atoms with Crippen LogP contribution in [0.1, 0.15) is 44.7 Å². The maximum atomic E-state index is 14.1. The fraction of sp³-hybridized carbons (Fsp3) is 0.355. The molecule has 0 saturated heterocycles. The lowest BCUT2D eigenvalue weighted by atomic mass is 10.1. The molecule has 1 N–H and O–H groups in total. The number of hydrogen-bond donors (Lipinski definition) is 1. The molecule has 40 heavy (non-hydrogen) atoms. The molecular weight excluding hydrogens is 546 g/mol. The average molecular weight is 584 g/mol. The summed E-state index contributed by atoms with van der Waals surface area (Å²) in [7, 11) is -4.14. The lowest BCUT2D eigenvalue weighted by Crippen LogP contribution is -2.54. The Morgan fingerprint density at radius 1 is 0.925 bits per heavy atom. The zero-order valence-electron chi connectivity index (χ0n) is 23.5. The molecule has 0 aliphatic rings. The molecule has 7 nitrogen and oxygen atoms in total. The minimum absolute atomic E-state index is 0.0552. The van der Waals surface area contributed by atoms with E-state index in [0.717, 1.165) is 16.3 Å². The molecule has 3 aromatic carbocycles. The Labute approximate surface area is 243 Å². The normalized spacial score (nSPS) is 12.8. The quantitative estimate of drug-likeness (QED) is 0.283. The molecule has 2 atom stereocenters. The SMILES string of the molecule is CC[C@H](C)NC(=O)[C@H](CC)N(CCc1ccccc1)C(=O)CN(c1cc(Cl)ccc1C)S(=O)(=O)c1ccccc1. The molecule has 0 aromatic heterocycles. The Morgan fingerprint density at radius 2 is 1.55 bits per heavy atom. The molecule has 0 saturated carbocycles. The van der Waals surface area contributed by atoms with E-state index in [2.05, 4.69) is 5.32 Å². The third kappa shape index (κ3) is 7.86. The number of nitrogens with zero attached hydrogens (tertiary/aromatic N) is 2. The molecule has 0 bridgehead atoms. The lowest BCUT2D eigenvalue weighted by Gasteiger charge is -2.34. The molecule has 2 amide bonds. The van der Waals surface area contributed by atoms with Crippen LogP contribution in [0, 0.1) is 6.92 Å².